The van der Waals surface area contributed by atoms with Crippen LogP contribution in [0.15, 0.2) is 4.99 Å². The fourth-order valence-electron chi connectivity index (χ4n) is 5.48. The van der Waals surface area contributed by atoms with Gasteiger partial charge >= 0.3 is 0 Å². The van der Waals surface area contributed by atoms with Gasteiger partial charge in [0.05, 0.1) is 0 Å². The molecule has 4 rings (SSSR count). The van der Waals surface area contributed by atoms with Crippen molar-refractivity contribution in [3.63, 3.8) is 0 Å². The molecule has 32 heavy (non-hydrogen) atoms. The van der Waals surface area contributed by atoms with Gasteiger partial charge in [-0.05, 0) is 77.3 Å². The van der Waals surface area contributed by atoms with Crippen molar-refractivity contribution in [1.29, 1.82) is 0 Å². The molecule has 0 amide bonds. The molecule has 2 saturated carbocycles. The number of halogens is 1. The van der Waals surface area contributed by atoms with Crippen molar-refractivity contribution in [3.8, 4) is 0 Å². The van der Waals surface area contributed by atoms with Gasteiger partial charge in [-0.25, -0.2) is 4.99 Å². The second-order valence-electron chi connectivity index (χ2n) is 10.2. The molecule has 0 atom stereocenters. The van der Waals surface area contributed by atoms with Gasteiger partial charge in [0.2, 0.25) is 0 Å². The molecule has 2 N–H and O–H groups in total. The van der Waals surface area contributed by atoms with Crippen LogP contribution in [0.25, 0.3) is 0 Å². The van der Waals surface area contributed by atoms with Crippen molar-refractivity contribution in [3.05, 3.63) is 11.6 Å². The number of hydrogen-bond donors (Lipinski definition) is 2. The van der Waals surface area contributed by atoms with Gasteiger partial charge in [-0.2, -0.15) is 0 Å². The first kappa shape index (κ1) is 25.7. The molecule has 0 aromatic carbocycles. The van der Waals surface area contributed by atoms with Crippen LogP contribution in [0.1, 0.15) is 89.2 Å². The maximum absolute atomic E-state index is 4.93. The molecular formula is C24H44IN7. The Morgan fingerprint density at radius 2 is 1.53 bits per heavy atom. The molecule has 0 radical (unpaired) electrons. The predicted molar refractivity (Wildman–Crippen MR) is 141 cm³/mol. The van der Waals surface area contributed by atoms with E-state index < -0.39 is 0 Å². The van der Waals surface area contributed by atoms with Gasteiger partial charge in [0.15, 0.2) is 11.8 Å². The van der Waals surface area contributed by atoms with Crippen LogP contribution in [-0.2, 0) is 13.6 Å². The highest BCUT2D eigenvalue weighted by atomic mass is 127. The molecule has 8 heteroatoms. The molecule has 2 heterocycles. The minimum Gasteiger partial charge on any atom is -0.354 e. The highest BCUT2D eigenvalue weighted by molar-refractivity contribution is 14.0. The van der Waals surface area contributed by atoms with E-state index in [1.165, 1.54) is 83.7 Å². The summed E-state index contributed by atoms with van der Waals surface area (Å²) < 4.78 is 2.03. The number of nitrogens with one attached hydrogen (secondary N) is 2. The monoisotopic (exact) mass is 557 g/mol. The molecule has 0 spiro atoms. The Balaban J connectivity index is 0.00000289. The Morgan fingerprint density at radius 1 is 0.906 bits per heavy atom. The van der Waals surface area contributed by atoms with Crippen LogP contribution in [-0.4, -0.2) is 56.8 Å². The van der Waals surface area contributed by atoms with Crippen molar-refractivity contribution < 1.29 is 0 Å². The zero-order valence-electron chi connectivity index (χ0n) is 20.4. The normalized spacial score (nSPS) is 26.5. The van der Waals surface area contributed by atoms with Crippen LogP contribution in [0.2, 0.25) is 0 Å². The Morgan fingerprint density at radius 3 is 2.12 bits per heavy atom. The molecule has 3 aliphatic rings. The first-order valence-electron chi connectivity index (χ1n) is 12.7. The van der Waals surface area contributed by atoms with Gasteiger partial charge in [-0.15, -0.1) is 34.2 Å². The van der Waals surface area contributed by atoms with Crippen molar-refractivity contribution >= 4 is 29.9 Å². The highest BCUT2D eigenvalue weighted by Crippen LogP contribution is 2.27. The number of guanidine groups is 1. The topological polar surface area (TPSA) is 70.4 Å². The first-order valence-corrected chi connectivity index (χ1v) is 12.7. The summed E-state index contributed by atoms with van der Waals surface area (Å²) in [5, 5.41) is 16.0. The van der Waals surface area contributed by atoms with E-state index >= 15 is 0 Å². The lowest BCUT2D eigenvalue weighted by Crippen LogP contribution is -2.51. The number of piperidine rings is 1. The van der Waals surface area contributed by atoms with Crippen LogP contribution in [0, 0.1) is 12.8 Å². The maximum Gasteiger partial charge on any atom is 0.192 e. The predicted octanol–water partition coefficient (Wildman–Crippen LogP) is 4.15. The van der Waals surface area contributed by atoms with E-state index in [4.69, 9.17) is 4.99 Å². The second kappa shape index (κ2) is 12.5. The summed E-state index contributed by atoms with van der Waals surface area (Å²) in [7, 11) is 2.02. The van der Waals surface area contributed by atoms with Gasteiger partial charge in [-0.3, -0.25) is 0 Å². The molecule has 1 saturated heterocycles. The summed E-state index contributed by atoms with van der Waals surface area (Å²) in [6, 6.07) is 1.86. The van der Waals surface area contributed by atoms with E-state index in [0.717, 1.165) is 29.6 Å². The fourth-order valence-corrected chi connectivity index (χ4v) is 5.48. The summed E-state index contributed by atoms with van der Waals surface area (Å²) in [6.07, 6.45) is 14.4. The molecule has 182 valence electrons. The summed E-state index contributed by atoms with van der Waals surface area (Å²) in [4.78, 5) is 7.70. The maximum atomic E-state index is 4.93. The quantitative estimate of drug-likeness (QED) is 0.324. The van der Waals surface area contributed by atoms with Gasteiger partial charge in [0.1, 0.15) is 12.4 Å². The third-order valence-electron chi connectivity index (χ3n) is 7.88. The van der Waals surface area contributed by atoms with Gasteiger partial charge in [0.25, 0.3) is 0 Å². The molecule has 0 bridgehead atoms. The Kier molecular flexibility index (Phi) is 10.1. The minimum absolute atomic E-state index is 0. The van der Waals surface area contributed by atoms with E-state index in [-0.39, 0.29) is 24.0 Å². The zero-order chi connectivity index (χ0) is 21.6. The van der Waals surface area contributed by atoms with E-state index in [1.807, 2.05) is 18.5 Å². The van der Waals surface area contributed by atoms with E-state index in [0.29, 0.717) is 18.6 Å². The number of aryl methyl sites for hydroxylation is 1. The second-order valence-corrected chi connectivity index (χ2v) is 10.2. The smallest absolute Gasteiger partial charge is 0.192 e. The van der Waals surface area contributed by atoms with Gasteiger partial charge < -0.3 is 20.1 Å². The lowest BCUT2D eigenvalue weighted by molar-refractivity contribution is 0.105. The lowest BCUT2D eigenvalue weighted by Gasteiger charge is -2.40. The molecular weight excluding hydrogens is 513 g/mol. The van der Waals surface area contributed by atoms with Crippen LogP contribution in [0.3, 0.4) is 0 Å². The highest BCUT2D eigenvalue weighted by Gasteiger charge is 2.28. The average Bonchev–Trinajstić information content (AvgIpc) is 3.11. The van der Waals surface area contributed by atoms with Crippen molar-refractivity contribution in [2.75, 3.05) is 13.1 Å². The number of aromatic nitrogens is 3. The lowest BCUT2D eigenvalue weighted by atomic mass is 9.88. The Bertz CT molecular complexity index is 712. The minimum atomic E-state index is 0. The van der Waals surface area contributed by atoms with Crippen LogP contribution in [0.4, 0.5) is 0 Å². The molecule has 3 fully saturated rings. The molecule has 2 aliphatic carbocycles. The van der Waals surface area contributed by atoms with Crippen LogP contribution < -0.4 is 10.6 Å². The Hall–Kier alpha value is -0.900. The number of aliphatic imine (C=N–C) groups is 1. The molecule has 7 nitrogen and oxygen atoms in total. The third kappa shape index (κ3) is 7.05. The summed E-state index contributed by atoms with van der Waals surface area (Å²) >= 11 is 0. The summed E-state index contributed by atoms with van der Waals surface area (Å²) in [5.74, 6) is 3.75. The van der Waals surface area contributed by atoms with Crippen molar-refractivity contribution in [2.24, 2.45) is 18.0 Å². The van der Waals surface area contributed by atoms with Crippen molar-refractivity contribution in [2.45, 2.75) is 109 Å². The zero-order valence-corrected chi connectivity index (χ0v) is 22.7. The van der Waals surface area contributed by atoms with Crippen LogP contribution in [0.5, 0.6) is 0 Å². The SMILES string of the molecule is Cc1nnc(CN=C(NC2CCCCC2)NC2CCC(N3CCC(C)CC3)CC2)n1C.I. The summed E-state index contributed by atoms with van der Waals surface area (Å²) in [6.45, 7) is 7.57. The number of likely N-dealkylation sites (tertiary alicyclic amines) is 1. The summed E-state index contributed by atoms with van der Waals surface area (Å²) in [5.41, 5.74) is 0. The van der Waals surface area contributed by atoms with Gasteiger partial charge in [0, 0.05) is 25.2 Å². The largest absolute Gasteiger partial charge is 0.354 e. The number of hydrogen-bond acceptors (Lipinski definition) is 4. The van der Waals surface area contributed by atoms with Gasteiger partial charge in [-0.1, -0.05) is 26.2 Å². The van der Waals surface area contributed by atoms with E-state index in [9.17, 15) is 0 Å². The standard InChI is InChI=1S/C24H43N7.HI/c1-18-13-15-31(16-14-18)22-11-9-21(10-12-22)27-24(26-20-7-5-4-6-8-20)25-17-23-29-28-19(2)30(23)3;/h18,20-22H,4-17H2,1-3H3,(H2,25,26,27);1H. The van der Waals surface area contributed by atoms with E-state index in [2.05, 4.69) is 32.7 Å². The molecule has 1 aromatic rings. The average molecular weight is 558 g/mol. The third-order valence-corrected chi connectivity index (χ3v) is 7.88. The van der Waals surface area contributed by atoms with Crippen molar-refractivity contribution in [1.82, 2.24) is 30.3 Å². The first-order chi connectivity index (χ1) is 15.1. The van der Waals surface area contributed by atoms with Crippen LogP contribution >= 0.6 is 24.0 Å². The molecule has 1 aliphatic heterocycles. The number of rotatable bonds is 5. The molecule has 1 aromatic heterocycles. The number of nitrogens with zero attached hydrogens (tertiary/aromatic N) is 5. The van der Waals surface area contributed by atoms with E-state index in [1.54, 1.807) is 0 Å². The fraction of sp³-hybridized carbons (Fsp3) is 0.875. The Labute approximate surface area is 211 Å². The molecule has 0 unspecified atom stereocenters.